The van der Waals surface area contributed by atoms with E-state index in [1.165, 1.54) is 13.2 Å². The lowest BCUT2D eigenvalue weighted by molar-refractivity contribution is 0.0452. The van der Waals surface area contributed by atoms with Crippen LogP contribution in [0.1, 0.15) is 44.2 Å². The summed E-state index contributed by atoms with van der Waals surface area (Å²) in [5, 5.41) is 13.5. The Hall–Kier alpha value is -1.13. The van der Waals surface area contributed by atoms with E-state index in [0.29, 0.717) is 17.9 Å². The van der Waals surface area contributed by atoms with Gasteiger partial charge < -0.3 is 15.2 Å². The smallest absolute Gasteiger partial charge is 0.131 e. The Morgan fingerprint density at radius 3 is 2.68 bits per heavy atom. The highest BCUT2D eigenvalue weighted by molar-refractivity contribution is 5.30. The van der Waals surface area contributed by atoms with Gasteiger partial charge in [0.2, 0.25) is 0 Å². The highest BCUT2D eigenvalue weighted by Gasteiger charge is 2.31. The van der Waals surface area contributed by atoms with Crippen LogP contribution in [-0.4, -0.2) is 24.4 Å². The van der Waals surface area contributed by atoms with Gasteiger partial charge in [0.25, 0.3) is 0 Å². The molecule has 3 nitrogen and oxygen atoms in total. The topological polar surface area (TPSA) is 41.5 Å². The molecule has 1 aromatic carbocycles. The Morgan fingerprint density at radius 1 is 1.42 bits per heavy atom. The molecule has 1 saturated carbocycles. The van der Waals surface area contributed by atoms with E-state index in [1.54, 1.807) is 12.1 Å². The molecule has 1 aliphatic rings. The molecule has 0 amide bonds. The summed E-state index contributed by atoms with van der Waals surface area (Å²) in [5.41, 5.74) is -0.0144. The van der Waals surface area contributed by atoms with Crippen LogP contribution in [0.5, 0.6) is 5.75 Å². The quantitative estimate of drug-likeness (QED) is 0.862. The van der Waals surface area contributed by atoms with Gasteiger partial charge in [-0.3, -0.25) is 0 Å². The van der Waals surface area contributed by atoms with Crippen LogP contribution in [0.2, 0.25) is 0 Å². The second-order valence-electron chi connectivity index (χ2n) is 5.42. The first-order valence-electron chi connectivity index (χ1n) is 6.83. The minimum Gasteiger partial charge on any atom is -0.497 e. The second-order valence-corrected chi connectivity index (χ2v) is 5.42. The van der Waals surface area contributed by atoms with Crippen LogP contribution >= 0.6 is 0 Å². The first-order valence-corrected chi connectivity index (χ1v) is 6.83. The summed E-state index contributed by atoms with van der Waals surface area (Å²) in [5.74, 6) is 0.237. The number of benzene rings is 1. The molecule has 1 aromatic rings. The summed E-state index contributed by atoms with van der Waals surface area (Å²) in [7, 11) is 1.52. The van der Waals surface area contributed by atoms with Gasteiger partial charge in [0, 0.05) is 24.2 Å². The summed E-state index contributed by atoms with van der Waals surface area (Å²) in [6, 6.07) is 4.74. The molecule has 0 bridgehead atoms. The van der Waals surface area contributed by atoms with Crippen molar-refractivity contribution in [3.05, 3.63) is 29.6 Å². The summed E-state index contributed by atoms with van der Waals surface area (Å²) in [4.78, 5) is 0. The van der Waals surface area contributed by atoms with Crippen molar-refractivity contribution in [3.8, 4) is 5.75 Å². The van der Waals surface area contributed by atoms with Crippen molar-refractivity contribution >= 4 is 0 Å². The monoisotopic (exact) mass is 267 g/mol. The van der Waals surface area contributed by atoms with Gasteiger partial charge in [0.15, 0.2) is 0 Å². The predicted molar refractivity (Wildman–Crippen MR) is 72.8 cm³/mol. The van der Waals surface area contributed by atoms with Gasteiger partial charge in [-0.05, 0) is 25.8 Å². The molecule has 19 heavy (non-hydrogen) atoms. The zero-order valence-electron chi connectivity index (χ0n) is 11.6. The maximum atomic E-state index is 13.9. The molecule has 0 aromatic heterocycles. The van der Waals surface area contributed by atoms with Gasteiger partial charge in [-0.15, -0.1) is 0 Å². The van der Waals surface area contributed by atoms with Crippen molar-refractivity contribution in [2.24, 2.45) is 0 Å². The number of ether oxygens (including phenoxy) is 1. The minimum atomic E-state index is -0.614. The van der Waals surface area contributed by atoms with Gasteiger partial charge in [-0.25, -0.2) is 4.39 Å². The van der Waals surface area contributed by atoms with E-state index in [1.807, 2.05) is 6.92 Å². The van der Waals surface area contributed by atoms with E-state index >= 15 is 0 Å². The number of rotatable bonds is 5. The molecule has 2 N–H and O–H groups in total. The van der Waals surface area contributed by atoms with Crippen LogP contribution in [0.3, 0.4) is 0 Å². The summed E-state index contributed by atoms with van der Waals surface area (Å²) >= 11 is 0. The Morgan fingerprint density at radius 2 is 2.11 bits per heavy atom. The fourth-order valence-electron chi connectivity index (χ4n) is 2.65. The zero-order valence-corrected chi connectivity index (χ0v) is 11.6. The molecule has 4 heteroatoms. The number of nitrogens with one attached hydrogen (secondary N) is 1. The largest absolute Gasteiger partial charge is 0.497 e. The highest BCUT2D eigenvalue weighted by atomic mass is 19.1. The van der Waals surface area contributed by atoms with Crippen LogP contribution in [0.4, 0.5) is 4.39 Å². The van der Waals surface area contributed by atoms with E-state index in [4.69, 9.17) is 4.74 Å². The molecule has 0 saturated heterocycles. The summed E-state index contributed by atoms with van der Waals surface area (Å²) in [6.45, 7) is 2.42. The SMILES string of the molecule is COc1ccc(C(C)NCC2(O)CCCC2)c(F)c1. The first-order chi connectivity index (χ1) is 9.04. The average molecular weight is 267 g/mol. The van der Waals surface area contributed by atoms with Crippen LogP contribution < -0.4 is 10.1 Å². The van der Waals surface area contributed by atoms with E-state index < -0.39 is 5.60 Å². The standard InChI is InChI=1S/C15H22FNO2/c1-11(17-10-15(18)7-3-4-8-15)13-6-5-12(19-2)9-14(13)16/h5-6,9,11,17-18H,3-4,7-8,10H2,1-2H3. The fourth-order valence-corrected chi connectivity index (χ4v) is 2.65. The first kappa shape index (κ1) is 14.3. The van der Waals surface area contributed by atoms with E-state index in [0.717, 1.165) is 25.7 Å². The van der Waals surface area contributed by atoms with Crippen molar-refractivity contribution in [1.29, 1.82) is 0 Å². The summed E-state index contributed by atoms with van der Waals surface area (Å²) in [6.07, 6.45) is 3.81. The van der Waals surface area contributed by atoms with E-state index in [2.05, 4.69) is 5.32 Å². The van der Waals surface area contributed by atoms with E-state index in [-0.39, 0.29) is 11.9 Å². The number of aliphatic hydroxyl groups is 1. The number of halogens is 1. The Bertz CT molecular complexity index is 430. The van der Waals surface area contributed by atoms with Crippen LogP contribution in [0, 0.1) is 5.82 Å². The van der Waals surface area contributed by atoms with Gasteiger partial charge in [-0.1, -0.05) is 18.9 Å². The Balaban J connectivity index is 1.97. The van der Waals surface area contributed by atoms with Gasteiger partial charge in [0.1, 0.15) is 11.6 Å². The van der Waals surface area contributed by atoms with Gasteiger partial charge >= 0.3 is 0 Å². The lowest BCUT2D eigenvalue weighted by atomic mass is 10.0. The summed E-state index contributed by atoms with van der Waals surface area (Å²) < 4.78 is 18.9. The predicted octanol–water partition coefficient (Wildman–Crippen LogP) is 2.79. The molecule has 1 unspecified atom stereocenters. The van der Waals surface area contributed by atoms with E-state index in [9.17, 15) is 9.50 Å². The third-order valence-electron chi connectivity index (χ3n) is 3.95. The zero-order chi connectivity index (χ0) is 13.9. The number of hydrogen-bond acceptors (Lipinski definition) is 3. The third-order valence-corrected chi connectivity index (χ3v) is 3.95. The van der Waals surface area contributed by atoms with Crippen LogP contribution in [0.15, 0.2) is 18.2 Å². The van der Waals surface area contributed by atoms with Crippen LogP contribution in [0.25, 0.3) is 0 Å². The average Bonchev–Trinajstić information content (AvgIpc) is 2.83. The minimum absolute atomic E-state index is 0.129. The van der Waals surface area contributed by atoms with Crippen molar-refractivity contribution in [3.63, 3.8) is 0 Å². The Kier molecular flexibility index (Phi) is 4.42. The number of methoxy groups -OCH3 is 1. The molecule has 1 fully saturated rings. The lowest BCUT2D eigenvalue weighted by Gasteiger charge is -2.25. The number of hydrogen-bond donors (Lipinski definition) is 2. The van der Waals surface area contributed by atoms with Crippen molar-refractivity contribution < 1.29 is 14.2 Å². The maximum Gasteiger partial charge on any atom is 0.131 e. The molecule has 106 valence electrons. The van der Waals surface area contributed by atoms with Crippen LogP contribution in [-0.2, 0) is 0 Å². The highest BCUT2D eigenvalue weighted by Crippen LogP contribution is 2.29. The van der Waals surface area contributed by atoms with Gasteiger partial charge in [0.05, 0.1) is 12.7 Å². The third kappa shape index (κ3) is 3.45. The van der Waals surface area contributed by atoms with Gasteiger partial charge in [-0.2, -0.15) is 0 Å². The molecule has 1 atom stereocenters. The fraction of sp³-hybridized carbons (Fsp3) is 0.600. The molecule has 0 radical (unpaired) electrons. The molecule has 0 aliphatic heterocycles. The van der Waals surface area contributed by atoms with Crippen molar-refractivity contribution in [2.75, 3.05) is 13.7 Å². The lowest BCUT2D eigenvalue weighted by Crippen LogP contribution is -2.39. The van der Waals surface area contributed by atoms with Crippen molar-refractivity contribution in [2.45, 2.75) is 44.2 Å². The molecule has 0 spiro atoms. The molecular formula is C15H22FNO2. The normalized spacial score (nSPS) is 19.4. The molecule has 0 heterocycles. The molecule has 1 aliphatic carbocycles. The molecular weight excluding hydrogens is 245 g/mol. The van der Waals surface area contributed by atoms with Crippen molar-refractivity contribution in [1.82, 2.24) is 5.32 Å². The molecule has 2 rings (SSSR count). The maximum absolute atomic E-state index is 13.9. The second kappa shape index (κ2) is 5.88. The Labute approximate surface area is 113 Å².